The predicted octanol–water partition coefficient (Wildman–Crippen LogP) is 2.39. The molecule has 0 saturated carbocycles. The minimum atomic E-state index is 0.872. The third-order valence-electron chi connectivity index (χ3n) is 2.94. The summed E-state index contributed by atoms with van der Waals surface area (Å²) < 4.78 is 5.73. The first kappa shape index (κ1) is 12.1. The van der Waals surface area contributed by atoms with E-state index in [0.717, 1.165) is 31.0 Å². The molecule has 0 aliphatic rings. The van der Waals surface area contributed by atoms with Crippen LogP contribution in [0.5, 0.6) is 0 Å². The number of hydrogen-bond acceptors (Lipinski definition) is 3. The average Bonchev–Trinajstić information content (AvgIpc) is 2.60. The van der Waals surface area contributed by atoms with E-state index in [-0.39, 0.29) is 0 Å². The van der Waals surface area contributed by atoms with Crippen LogP contribution in [0.2, 0.25) is 0 Å². The Balaban J connectivity index is 2.05. The number of rotatable bonds is 5. The standard InChI is InChI=1S/C14H20N2O/c1-11-13(10-15-8-9-16(2)3)12-6-4-5-7-14(12)17-11/h4-7,15H,8-10H2,1-3H3. The molecule has 0 radical (unpaired) electrons. The molecule has 0 saturated heterocycles. The van der Waals surface area contributed by atoms with Crippen LogP contribution in [0.15, 0.2) is 28.7 Å². The molecule has 0 unspecified atom stereocenters. The van der Waals surface area contributed by atoms with Crippen molar-refractivity contribution >= 4 is 11.0 Å². The second-order valence-corrected chi connectivity index (χ2v) is 4.61. The van der Waals surface area contributed by atoms with Crippen LogP contribution in [-0.2, 0) is 6.54 Å². The molecule has 1 aromatic carbocycles. The van der Waals surface area contributed by atoms with Gasteiger partial charge in [0.15, 0.2) is 0 Å². The molecular weight excluding hydrogens is 212 g/mol. The zero-order valence-electron chi connectivity index (χ0n) is 10.8. The fraction of sp³-hybridized carbons (Fsp3) is 0.429. The Labute approximate surface area is 102 Å². The Morgan fingerprint density at radius 1 is 1.24 bits per heavy atom. The van der Waals surface area contributed by atoms with E-state index in [1.807, 2.05) is 19.1 Å². The smallest absolute Gasteiger partial charge is 0.134 e. The minimum absolute atomic E-state index is 0.872. The summed E-state index contributed by atoms with van der Waals surface area (Å²) in [4.78, 5) is 2.17. The highest BCUT2D eigenvalue weighted by molar-refractivity contribution is 5.82. The molecule has 0 bridgehead atoms. The maximum Gasteiger partial charge on any atom is 0.134 e. The molecule has 1 N–H and O–H groups in total. The van der Waals surface area contributed by atoms with Crippen molar-refractivity contribution < 1.29 is 4.42 Å². The first-order chi connectivity index (χ1) is 8.18. The highest BCUT2D eigenvalue weighted by atomic mass is 16.3. The Bertz CT molecular complexity index is 488. The Morgan fingerprint density at radius 2 is 2.00 bits per heavy atom. The highest BCUT2D eigenvalue weighted by Gasteiger charge is 2.09. The van der Waals surface area contributed by atoms with Crippen LogP contribution in [0, 0.1) is 6.92 Å². The maximum atomic E-state index is 5.73. The molecule has 0 fully saturated rings. The van der Waals surface area contributed by atoms with Gasteiger partial charge in [0.2, 0.25) is 0 Å². The largest absolute Gasteiger partial charge is 0.461 e. The number of nitrogens with zero attached hydrogens (tertiary/aromatic N) is 1. The van der Waals surface area contributed by atoms with Gasteiger partial charge in [0.05, 0.1) is 0 Å². The number of fused-ring (bicyclic) bond motifs is 1. The summed E-state index contributed by atoms with van der Waals surface area (Å²) in [6, 6.07) is 8.20. The van der Waals surface area contributed by atoms with Crippen molar-refractivity contribution in [1.29, 1.82) is 0 Å². The second-order valence-electron chi connectivity index (χ2n) is 4.61. The van der Waals surface area contributed by atoms with Gasteiger partial charge in [0.25, 0.3) is 0 Å². The fourth-order valence-corrected chi connectivity index (χ4v) is 1.96. The van der Waals surface area contributed by atoms with Crippen LogP contribution in [-0.4, -0.2) is 32.1 Å². The first-order valence-corrected chi connectivity index (χ1v) is 6.01. The summed E-state index contributed by atoms with van der Waals surface area (Å²) in [5.41, 5.74) is 2.26. The summed E-state index contributed by atoms with van der Waals surface area (Å²) in [7, 11) is 4.17. The lowest BCUT2D eigenvalue weighted by molar-refractivity contribution is 0.399. The molecule has 0 amide bonds. The van der Waals surface area contributed by atoms with Crippen molar-refractivity contribution in [3.05, 3.63) is 35.6 Å². The Kier molecular flexibility index (Phi) is 3.82. The van der Waals surface area contributed by atoms with Crippen molar-refractivity contribution in [2.24, 2.45) is 0 Å². The van der Waals surface area contributed by atoms with Crippen LogP contribution in [0.3, 0.4) is 0 Å². The summed E-state index contributed by atoms with van der Waals surface area (Å²) >= 11 is 0. The maximum absolute atomic E-state index is 5.73. The van der Waals surface area contributed by atoms with Crippen LogP contribution >= 0.6 is 0 Å². The van der Waals surface area contributed by atoms with E-state index < -0.39 is 0 Å². The van der Waals surface area contributed by atoms with Crippen molar-refractivity contribution in [1.82, 2.24) is 10.2 Å². The van der Waals surface area contributed by atoms with Crippen LogP contribution in [0.1, 0.15) is 11.3 Å². The average molecular weight is 232 g/mol. The van der Waals surface area contributed by atoms with E-state index in [4.69, 9.17) is 4.42 Å². The van der Waals surface area contributed by atoms with E-state index in [1.54, 1.807) is 0 Å². The van der Waals surface area contributed by atoms with Gasteiger partial charge in [-0.25, -0.2) is 0 Å². The topological polar surface area (TPSA) is 28.4 Å². The van der Waals surface area contributed by atoms with Gasteiger partial charge in [-0.15, -0.1) is 0 Å². The van der Waals surface area contributed by atoms with Gasteiger partial charge >= 0.3 is 0 Å². The molecule has 0 aliphatic heterocycles. The monoisotopic (exact) mass is 232 g/mol. The summed E-state index contributed by atoms with van der Waals surface area (Å²) in [6.07, 6.45) is 0. The number of benzene rings is 1. The quantitative estimate of drug-likeness (QED) is 0.802. The summed E-state index contributed by atoms with van der Waals surface area (Å²) in [6.45, 7) is 4.94. The lowest BCUT2D eigenvalue weighted by atomic mass is 10.1. The van der Waals surface area contributed by atoms with Crippen molar-refractivity contribution in [3.8, 4) is 0 Å². The van der Waals surface area contributed by atoms with Crippen LogP contribution < -0.4 is 5.32 Å². The molecule has 0 atom stereocenters. The second kappa shape index (κ2) is 5.34. The number of nitrogens with one attached hydrogen (secondary N) is 1. The van der Waals surface area contributed by atoms with E-state index in [0.29, 0.717) is 0 Å². The molecule has 2 aromatic rings. The third kappa shape index (κ3) is 2.87. The first-order valence-electron chi connectivity index (χ1n) is 6.01. The molecule has 0 spiro atoms. The van der Waals surface area contributed by atoms with Crippen LogP contribution in [0.4, 0.5) is 0 Å². The lowest BCUT2D eigenvalue weighted by Gasteiger charge is -2.10. The number of aryl methyl sites for hydroxylation is 1. The van der Waals surface area contributed by atoms with Gasteiger partial charge in [0.1, 0.15) is 11.3 Å². The highest BCUT2D eigenvalue weighted by Crippen LogP contribution is 2.24. The van der Waals surface area contributed by atoms with Gasteiger partial charge in [0, 0.05) is 30.6 Å². The van der Waals surface area contributed by atoms with Crippen molar-refractivity contribution in [3.63, 3.8) is 0 Å². The van der Waals surface area contributed by atoms with Gasteiger partial charge in [-0.05, 0) is 27.1 Å². The molecule has 0 aliphatic carbocycles. The number of hydrogen-bond donors (Lipinski definition) is 1. The van der Waals surface area contributed by atoms with E-state index in [1.165, 1.54) is 10.9 Å². The third-order valence-corrected chi connectivity index (χ3v) is 2.94. The predicted molar refractivity (Wildman–Crippen MR) is 71.2 cm³/mol. The molecule has 2 rings (SSSR count). The van der Waals surface area contributed by atoms with E-state index in [9.17, 15) is 0 Å². The zero-order valence-corrected chi connectivity index (χ0v) is 10.8. The molecule has 3 nitrogen and oxygen atoms in total. The summed E-state index contributed by atoms with van der Waals surface area (Å²) in [5, 5.41) is 4.67. The molecule has 1 aromatic heterocycles. The lowest BCUT2D eigenvalue weighted by Crippen LogP contribution is -2.26. The number of para-hydroxylation sites is 1. The Morgan fingerprint density at radius 3 is 2.76 bits per heavy atom. The Hall–Kier alpha value is -1.32. The molecule has 3 heteroatoms. The molecule has 1 heterocycles. The van der Waals surface area contributed by atoms with Crippen molar-refractivity contribution in [2.75, 3.05) is 27.2 Å². The van der Waals surface area contributed by atoms with Gasteiger partial charge in [-0.1, -0.05) is 18.2 Å². The molecular formula is C14H20N2O. The van der Waals surface area contributed by atoms with E-state index in [2.05, 4.69) is 36.4 Å². The zero-order chi connectivity index (χ0) is 12.3. The van der Waals surface area contributed by atoms with E-state index >= 15 is 0 Å². The molecule has 17 heavy (non-hydrogen) atoms. The number of furan rings is 1. The normalized spacial score (nSPS) is 11.5. The minimum Gasteiger partial charge on any atom is -0.461 e. The van der Waals surface area contributed by atoms with Gasteiger partial charge < -0.3 is 14.6 Å². The summed E-state index contributed by atoms with van der Waals surface area (Å²) in [5.74, 6) is 1.02. The number of likely N-dealkylation sites (N-methyl/N-ethyl adjacent to an activating group) is 1. The van der Waals surface area contributed by atoms with Crippen LogP contribution in [0.25, 0.3) is 11.0 Å². The fourth-order valence-electron chi connectivity index (χ4n) is 1.96. The van der Waals surface area contributed by atoms with Gasteiger partial charge in [-0.2, -0.15) is 0 Å². The van der Waals surface area contributed by atoms with Crippen molar-refractivity contribution in [2.45, 2.75) is 13.5 Å². The molecule has 92 valence electrons. The SMILES string of the molecule is Cc1oc2ccccc2c1CNCCN(C)C. The van der Waals surface area contributed by atoms with Gasteiger partial charge in [-0.3, -0.25) is 0 Å².